The third kappa shape index (κ3) is 2.56. The lowest BCUT2D eigenvalue weighted by atomic mass is 10.1. The zero-order chi connectivity index (χ0) is 15.9. The Kier molecular flexibility index (Phi) is 3.82. The Hall–Kier alpha value is -1.67. The van der Waals surface area contributed by atoms with Crippen LogP contribution in [0.15, 0.2) is 18.2 Å². The standard InChI is InChI=1S/C14H13F3N2O2S/c15-6-14(16,17)8-1-2-10-12(3-8)22-13(18-10)11-4-9(21)5-19(11)7-20/h1-3,7,9,11,21H,4-6H2. The number of alkyl halides is 3. The van der Waals surface area contributed by atoms with Crippen molar-refractivity contribution in [2.24, 2.45) is 0 Å². The molecule has 8 heteroatoms. The SMILES string of the molecule is O=CN1CC(O)CC1c1nc2ccc(C(F)(F)CF)cc2s1. The summed E-state index contributed by atoms with van der Waals surface area (Å²) in [5.41, 5.74) is 0.127. The van der Waals surface area contributed by atoms with E-state index in [1.807, 2.05) is 0 Å². The highest BCUT2D eigenvalue weighted by Gasteiger charge is 2.34. The van der Waals surface area contributed by atoms with E-state index in [9.17, 15) is 23.1 Å². The number of amides is 1. The number of aliphatic hydroxyl groups is 1. The Balaban J connectivity index is 1.98. The molecule has 0 bridgehead atoms. The van der Waals surface area contributed by atoms with Gasteiger partial charge in [0.1, 0.15) is 5.01 Å². The molecule has 1 aromatic carbocycles. The van der Waals surface area contributed by atoms with Gasteiger partial charge in [0.25, 0.3) is 0 Å². The van der Waals surface area contributed by atoms with E-state index in [4.69, 9.17) is 0 Å². The second-order valence-electron chi connectivity index (χ2n) is 5.28. The number of fused-ring (bicyclic) bond motifs is 1. The van der Waals surface area contributed by atoms with Gasteiger partial charge in [-0.2, -0.15) is 8.78 Å². The molecular weight excluding hydrogens is 317 g/mol. The summed E-state index contributed by atoms with van der Waals surface area (Å²) in [4.78, 5) is 16.8. The molecule has 2 heterocycles. The van der Waals surface area contributed by atoms with E-state index in [1.165, 1.54) is 28.4 Å². The fourth-order valence-electron chi connectivity index (χ4n) is 2.59. The highest BCUT2D eigenvalue weighted by Crippen LogP contribution is 2.37. The number of likely N-dealkylation sites (tertiary alicyclic amines) is 1. The minimum Gasteiger partial charge on any atom is -0.391 e. The molecule has 1 N–H and O–H groups in total. The lowest BCUT2D eigenvalue weighted by molar-refractivity contribution is -0.119. The van der Waals surface area contributed by atoms with Gasteiger partial charge in [-0.1, -0.05) is 6.07 Å². The predicted octanol–water partition coefficient (Wildman–Crippen LogP) is 2.62. The molecule has 22 heavy (non-hydrogen) atoms. The quantitative estimate of drug-likeness (QED) is 0.877. The van der Waals surface area contributed by atoms with Crippen LogP contribution in [-0.2, 0) is 10.7 Å². The van der Waals surface area contributed by atoms with Gasteiger partial charge >= 0.3 is 5.92 Å². The first kappa shape index (κ1) is 15.2. The Morgan fingerprint density at radius 3 is 2.95 bits per heavy atom. The first-order valence-corrected chi connectivity index (χ1v) is 7.50. The van der Waals surface area contributed by atoms with Gasteiger partial charge in [0.05, 0.1) is 22.4 Å². The molecule has 4 nitrogen and oxygen atoms in total. The fourth-order valence-corrected chi connectivity index (χ4v) is 3.73. The van der Waals surface area contributed by atoms with Crippen molar-refractivity contribution in [3.8, 4) is 0 Å². The average molecular weight is 330 g/mol. The molecule has 0 saturated carbocycles. The van der Waals surface area contributed by atoms with Gasteiger partial charge in [0, 0.05) is 18.5 Å². The summed E-state index contributed by atoms with van der Waals surface area (Å²) >= 11 is 1.18. The maximum Gasteiger partial charge on any atom is 0.301 e. The smallest absolute Gasteiger partial charge is 0.301 e. The third-order valence-corrected chi connectivity index (χ3v) is 4.85. The largest absolute Gasteiger partial charge is 0.391 e. The maximum atomic E-state index is 13.4. The van der Waals surface area contributed by atoms with Gasteiger partial charge in [0.2, 0.25) is 6.41 Å². The van der Waals surface area contributed by atoms with Crippen molar-refractivity contribution in [3.05, 3.63) is 28.8 Å². The van der Waals surface area contributed by atoms with Crippen molar-refractivity contribution in [2.45, 2.75) is 24.5 Å². The molecule has 1 aliphatic heterocycles. The molecule has 2 unspecified atom stereocenters. The van der Waals surface area contributed by atoms with Crippen molar-refractivity contribution in [1.82, 2.24) is 9.88 Å². The van der Waals surface area contributed by atoms with E-state index in [0.29, 0.717) is 28.1 Å². The van der Waals surface area contributed by atoms with Crippen molar-refractivity contribution in [1.29, 1.82) is 0 Å². The van der Waals surface area contributed by atoms with Crippen LogP contribution in [0.2, 0.25) is 0 Å². The number of hydrogen-bond acceptors (Lipinski definition) is 4. The Morgan fingerprint density at radius 2 is 2.27 bits per heavy atom. The molecule has 0 radical (unpaired) electrons. The Labute approximate surface area is 128 Å². The summed E-state index contributed by atoms with van der Waals surface area (Å²) in [5.74, 6) is -3.52. The number of carbonyl (C=O) groups is 1. The summed E-state index contributed by atoms with van der Waals surface area (Å²) < 4.78 is 39.7. The number of thiazole rings is 1. The number of nitrogens with zero attached hydrogens (tertiary/aromatic N) is 2. The number of carbonyl (C=O) groups excluding carboxylic acids is 1. The number of aromatic nitrogens is 1. The van der Waals surface area contributed by atoms with E-state index in [2.05, 4.69) is 4.98 Å². The summed E-state index contributed by atoms with van der Waals surface area (Å²) in [6.45, 7) is -1.52. The van der Waals surface area contributed by atoms with Crippen molar-refractivity contribution in [2.75, 3.05) is 13.2 Å². The normalized spacial score (nSPS) is 22.5. The minimum atomic E-state index is -3.52. The second kappa shape index (κ2) is 5.51. The van der Waals surface area contributed by atoms with Crippen LogP contribution < -0.4 is 0 Å². The number of β-amino-alcohol motifs (C(OH)–C–C–N with tert-alkyl or cyclic N) is 1. The van der Waals surface area contributed by atoms with Gasteiger partial charge in [-0.25, -0.2) is 9.37 Å². The van der Waals surface area contributed by atoms with Gasteiger partial charge in [-0.3, -0.25) is 4.79 Å². The molecule has 2 aromatic rings. The molecule has 1 aliphatic rings. The van der Waals surface area contributed by atoms with E-state index in [1.54, 1.807) is 0 Å². The van der Waals surface area contributed by atoms with E-state index < -0.39 is 24.3 Å². The van der Waals surface area contributed by atoms with Crippen LogP contribution in [0.4, 0.5) is 13.2 Å². The Bertz CT molecular complexity index is 706. The van der Waals surface area contributed by atoms with Crippen molar-refractivity contribution >= 4 is 28.0 Å². The van der Waals surface area contributed by atoms with Crippen LogP contribution in [0.3, 0.4) is 0 Å². The highest BCUT2D eigenvalue weighted by atomic mass is 32.1. The van der Waals surface area contributed by atoms with Crippen LogP contribution in [0.5, 0.6) is 0 Å². The van der Waals surface area contributed by atoms with Crippen molar-refractivity contribution in [3.63, 3.8) is 0 Å². The van der Waals surface area contributed by atoms with Gasteiger partial charge < -0.3 is 10.0 Å². The summed E-state index contributed by atoms with van der Waals surface area (Å²) in [6, 6.07) is 3.46. The fraction of sp³-hybridized carbons (Fsp3) is 0.429. The highest BCUT2D eigenvalue weighted by molar-refractivity contribution is 7.18. The van der Waals surface area contributed by atoms with Crippen molar-refractivity contribution < 1.29 is 23.1 Å². The van der Waals surface area contributed by atoms with E-state index in [-0.39, 0.29) is 12.6 Å². The number of halogens is 3. The van der Waals surface area contributed by atoms with Crippen LogP contribution in [0.1, 0.15) is 23.0 Å². The van der Waals surface area contributed by atoms with E-state index >= 15 is 0 Å². The number of benzene rings is 1. The van der Waals surface area contributed by atoms with Gasteiger partial charge in [0.15, 0.2) is 6.67 Å². The lowest BCUT2D eigenvalue weighted by Crippen LogP contribution is -2.22. The number of hydrogen-bond donors (Lipinski definition) is 1. The molecule has 3 rings (SSSR count). The second-order valence-corrected chi connectivity index (χ2v) is 6.34. The summed E-state index contributed by atoms with van der Waals surface area (Å²) in [5, 5.41) is 10.2. The summed E-state index contributed by atoms with van der Waals surface area (Å²) in [6.07, 6.45) is 0.399. The molecule has 0 spiro atoms. The zero-order valence-corrected chi connectivity index (χ0v) is 12.2. The first-order chi connectivity index (χ1) is 10.4. The lowest BCUT2D eigenvalue weighted by Gasteiger charge is -2.16. The molecule has 0 aliphatic carbocycles. The monoisotopic (exact) mass is 330 g/mol. The minimum absolute atomic E-state index is 0.231. The molecule has 1 fully saturated rings. The van der Waals surface area contributed by atoms with Crippen LogP contribution in [-0.4, -0.2) is 40.7 Å². The Morgan fingerprint density at radius 1 is 1.50 bits per heavy atom. The third-order valence-electron chi connectivity index (χ3n) is 3.73. The summed E-state index contributed by atoms with van der Waals surface area (Å²) in [7, 11) is 0. The molecule has 1 amide bonds. The van der Waals surface area contributed by atoms with Gasteiger partial charge in [-0.05, 0) is 12.1 Å². The molecule has 1 aromatic heterocycles. The molecule has 118 valence electrons. The molecule has 1 saturated heterocycles. The van der Waals surface area contributed by atoms with Crippen LogP contribution in [0, 0.1) is 0 Å². The number of rotatable bonds is 4. The van der Waals surface area contributed by atoms with Crippen LogP contribution in [0.25, 0.3) is 10.2 Å². The van der Waals surface area contributed by atoms with Crippen LogP contribution >= 0.6 is 11.3 Å². The van der Waals surface area contributed by atoms with Gasteiger partial charge in [-0.15, -0.1) is 11.3 Å². The maximum absolute atomic E-state index is 13.4. The molecule has 2 atom stereocenters. The topological polar surface area (TPSA) is 53.4 Å². The zero-order valence-electron chi connectivity index (χ0n) is 11.4. The molecular formula is C14H13F3N2O2S. The number of aliphatic hydroxyl groups excluding tert-OH is 1. The first-order valence-electron chi connectivity index (χ1n) is 6.68. The van der Waals surface area contributed by atoms with E-state index in [0.717, 1.165) is 6.07 Å². The average Bonchev–Trinajstić information content (AvgIpc) is 3.08. The predicted molar refractivity (Wildman–Crippen MR) is 75.6 cm³/mol.